The number of amides is 1. The molecule has 8 heteroatoms. The van der Waals surface area contributed by atoms with Gasteiger partial charge in [0.25, 0.3) is 5.91 Å². The highest BCUT2D eigenvalue weighted by Crippen LogP contribution is 2.33. The quantitative estimate of drug-likeness (QED) is 0.811. The average molecular weight is 365 g/mol. The summed E-state index contributed by atoms with van der Waals surface area (Å²) in [6.45, 7) is 1.28. The fourth-order valence-electron chi connectivity index (χ4n) is 2.83. The van der Waals surface area contributed by atoms with E-state index in [9.17, 15) is 18.0 Å². The van der Waals surface area contributed by atoms with Crippen molar-refractivity contribution in [3.05, 3.63) is 53.3 Å². The lowest BCUT2D eigenvalue weighted by atomic mass is 9.96. The van der Waals surface area contributed by atoms with Crippen LogP contribution in [0.3, 0.4) is 0 Å². The average Bonchev–Trinajstić information content (AvgIpc) is 2.63. The third-order valence-electron chi connectivity index (χ3n) is 4.27. The number of nitrogens with zero attached hydrogens (tertiary/aromatic N) is 1. The van der Waals surface area contributed by atoms with Crippen LogP contribution in [0, 0.1) is 0 Å². The number of hydrogen-bond acceptors (Lipinski definition) is 4. The largest absolute Gasteiger partial charge is 0.416 e. The molecule has 3 rings (SSSR count). The van der Waals surface area contributed by atoms with Gasteiger partial charge in [-0.1, -0.05) is 6.07 Å². The molecule has 26 heavy (non-hydrogen) atoms. The van der Waals surface area contributed by atoms with Gasteiger partial charge in [-0.25, -0.2) is 4.98 Å². The van der Waals surface area contributed by atoms with E-state index in [4.69, 9.17) is 10.5 Å². The molecule has 1 amide bonds. The van der Waals surface area contributed by atoms with E-state index in [1.54, 1.807) is 6.07 Å². The molecular weight excluding hydrogens is 347 g/mol. The van der Waals surface area contributed by atoms with Crippen LogP contribution in [0.15, 0.2) is 36.4 Å². The number of pyridine rings is 1. The number of nitrogens with one attached hydrogen (secondary N) is 1. The molecule has 3 N–H and O–H groups in total. The Morgan fingerprint density at radius 1 is 1.19 bits per heavy atom. The van der Waals surface area contributed by atoms with E-state index < -0.39 is 17.6 Å². The van der Waals surface area contributed by atoms with E-state index in [0.717, 1.165) is 36.7 Å². The highest BCUT2D eigenvalue weighted by molar-refractivity contribution is 6.04. The number of hydrogen-bond donors (Lipinski definition) is 2. The van der Waals surface area contributed by atoms with Crippen molar-refractivity contribution in [3.63, 3.8) is 0 Å². The number of nitrogen functional groups attached to an aromatic ring is 1. The fourth-order valence-corrected chi connectivity index (χ4v) is 2.83. The Morgan fingerprint density at radius 2 is 1.92 bits per heavy atom. The molecular formula is C18H18F3N3O2. The second-order valence-electron chi connectivity index (χ2n) is 6.09. The monoisotopic (exact) mass is 365 g/mol. The van der Waals surface area contributed by atoms with Crippen molar-refractivity contribution in [3.8, 4) is 0 Å². The van der Waals surface area contributed by atoms with E-state index >= 15 is 0 Å². The van der Waals surface area contributed by atoms with Gasteiger partial charge in [-0.2, -0.15) is 13.2 Å². The van der Waals surface area contributed by atoms with Crippen LogP contribution in [0.25, 0.3) is 0 Å². The maximum atomic E-state index is 12.8. The van der Waals surface area contributed by atoms with E-state index in [1.165, 1.54) is 6.07 Å². The van der Waals surface area contributed by atoms with Gasteiger partial charge < -0.3 is 15.8 Å². The summed E-state index contributed by atoms with van der Waals surface area (Å²) in [6, 6.07) is 7.87. The summed E-state index contributed by atoms with van der Waals surface area (Å²) in [6.07, 6.45) is -2.88. The van der Waals surface area contributed by atoms with Gasteiger partial charge in [-0.3, -0.25) is 4.79 Å². The van der Waals surface area contributed by atoms with Crippen LogP contribution in [-0.2, 0) is 10.9 Å². The first-order valence-corrected chi connectivity index (χ1v) is 8.17. The van der Waals surface area contributed by atoms with Crippen LogP contribution in [0.1, 0.15) is 40.5 Å². The molecule has 1 aliphatic heterocycles. The molecule has 0 spiro atoms. The van der Waals surface area contributed by atoms with Crippen molar-refractivity contribution in [2.75, 3.05) is 24.3 Å². The Labute approximate surface area is 148 Å². The Morgan fingerprint density at radius 3 is 2.62 bits per heavy atom. The second-order valence-corrected chi connectivity index (χ2v) is 6.09. The van der Waals surface area contributed by atoms with Gasteiger partial charge in [-0.05, 0) is 43.2 Å². The lowest BCUT2D eigenvalue weighted by Gasteiger charge is -2.21. The third kappa shape index (κ3) is 4.13. The predicted octanol–water partition coefficient (Wildman–Crippen LogP) is 3.83. The maximum absolute atomic E-state index is 12.8. The highest BCUT2D eigenvalue weighted by Gasteiger charge is 2.31. The maximum Gasteiger partial charge on any atom is 0.416 e. The van der Waals surface area contributed by atoms with Gasteiger partial charge in [0.15, 0.2) is 0 Å². The molecule has 0 atom stereocenters. The van der Waals surface area contributed by atoms with Crippen LogP contribution in [0.2, 0.25) is 0 Å². The first kappa shape index (κ1) is 18.2. The van der Waals surface area contributed by atoms with Crippen molar-refractivity contribution in [2.45, 2.75) is 24.9 Å². The van der Waals surface area contributed by atoms with E-state index in [-0.39, 0.29) is 23.0 Å². The Balaban J connectivity index is 1.80. The minimum Gasteiger partial charge on any atom is -0.397 e. The number of aromatic nitrogens is 1. The molecule has 0 saturated carbocycles. The van der Waals surface area contributed by atoms with Crippen LogP contribution in [-0.4, -0.2) is 24.1 Å². The summed E-state index contributed by atoms with van der Waals surface area (Å²) in [5.41, 5.74) is 5.67. The lowest BCUT2D eigenvalue weighted by Crippen LogP contribution is -2.19. The van der Waals surface area contributed by atoms with Gasteiger partial charge in [-0.15, -0.1) is 0 Å². The van der Waals surface area contributed by atoms with Gasteiger partial charge in [0.05, 0.1) is 16.9 Å². The summed E-state index contributed by atoms with van der Waals surface area (Å²) in [7, 11) is 0. The Bertz CT molecular complexity index is 803. The van der Waals surface area contributed by atoms with Crippen molar-refractivity contribution < 1.29 is 22.7 Å². The van der Waals surface area contributed by atoms with E-state index in [1.807, 2.05) is 6.07 Å². The molecule has 0 radical (unpaired) electrons. The first-order valence-electron chi connectivity index (χ1n) is 8.17. The van der Waals surface area contributed by atoms with Crippen LogP contribution >= 0.6 is 0 Å². The molecule has 1 aromatic heterocycles. The summed E-state index contributed by atoms with van der Waals surface area (Å²) >= 11 is 0. The molecule has 1 fully saturated rings. The smallest absolute Gasteiger partial charge is 0.397 e. The van der Waals surface area contributed by atoms with E-state index in [0.29, 0.717) is 13.2 Å². The molecule has 0 aliphatic carbocycles. The SMILES string of the molecule is Nc1ccc(C(F)(F)F)cc1NC(=O)c1cccc(C2CCOCC2)n1. The molecule has 5 nitrogen and oxygen atoms in total. The Hall–Kier alpha value is -2.61. The predicted molar refractivity (Wildman–Crippen MR) is 90.8 cm³/mol. The zero-order valence-electron chi connectivity index (χ0n) is 13.8. The minimum absolute atomic E-state index is 0.0481. The molecule has 1 saturated heterocycles. The van der Waals surface area contributed by atoms with Crippen molar-refractivity contribution in [2.24, 2.45) is 0 Å². The topological polar surface area (TPSA) is 77.2 Å². The van der Waals surface area contributed by atoms with Crippen LogP contribution < -0.4 is 11.1 Å². The second kappa shape index (κ2) is 7.33. The molecule has 0 bridgehead atoms. The van der Waals surface area contributed by atoms with E-state index in [2.05, 4.69) is 10.3 Å². The van der Waals surface area contributed by atoms with Crippen LogP contribution in [0.5, 0.6) is 0 Å². The number of anilines is 2. The zero-order chi connectivity index (χ0) is 18.7. The number of benzene rings is 1. The first-order chi connectivity index (χ1) is 12.3. The number of nitrogens with two attached hydrogens (primary N) is 1. The summed E-state index contributed by atoms with van der Waals surface area (Å²) in [5, 5.41) is 2.42. The number of rotatable bonds is 3. The summed E-state index contributed by atoms with van der Waals surface area (Å²) in [4.78, 5) is 16.8. The minimum atomic E-state index is -4.52. The number of alkyl halides is 3. The van der Waals surface area contributed by atoms with Crippen molar-refractivity contribution in [1.29, 1.82) is 0 Å². The standard InChI is InChI=1S/C18H18F3N3O2/c19-18(20,21)12-4-5-13(22)16(10-12)24-17(25)15-3-1-2-14(23-15)11-6-8-26-9-7-11/h1-5,10-11H,6-9,22H2,(H,24,25). The Kier molecular flexibility index (Phi) is 5.13. The lowest BCUT2D eigenvalue weighted by molar-refractivity contribution is -0.137. The van der Waals surface area contributed by atoms with Gasteiger partial charge in [0, 0.05) is 24.8 Å². The number of ether oxygens (including phenoxy) is 1. The number of carbonyl (C=O) groups is 1. The van der Waals surface area contributed by atoms with Crippen LogP contribution in [0.4, 0.5) is 24.5 Å². The number of halogens is 3. The van der Waals surface area contributed by atoms with Crippen molar-refractivity contribution >= 4 is 17.3 Å². The summed E-state index contributed by atoms with van der Waals surface area (Å²) in [5.74, 6) is -0.403. The number of carbonyl (C=O) groups excluding carboxylic acids is 1. The molecule has 1 aromatic carbocycles. The molecule has 0 unspecified atom stereocenters. The molecule has 138 valence electrons. The van der Waals surface area contributed by atoms with Crippen molar-refractivity contribution in [1.82, 2.24) is 4.98 Å². The highest BCUT2D eigenvalue weighted by atomic mass is 19.4. The van der Waals surface area contributed by atoms with Gasteiger partial charge >= 0.3 is 6.18 Å². The zero-order valence-corrected chi connectivity index (χ0v) is 13.8. The third-order valence-corrected chi connectivity index (χ3v) is 4.27. The van der Waals surface area contributed by atoms with Gasteiger partial charge in [0.1, 0.15) is 5.69 Å². The normalized spacial score (nSPS) is 15.7. The molecule has 2 heterocycles. The van der Waals surface area contributed by atoms with Gasteiger partial charge in [0.2, 0.25) is 0 Å². The molecule has 2 aromatic rings. The fraction of sp³-hybridized carbons (Fsp3) is 0.333. The summed E-state index contributed by atoms with van der Waals surface area (Å²) < 4.78 is 43.8. The molecule has 1 aliphatic rings.